The van der Waals surface area contributed by atoms with Crippen molar-refractivity contribution in [3.8, 4) is 0 Å². The van der Waals surface area contributed by atoms with Crippen LogP contribution >= 0.6 is 0 Å². The summed E-state index contributed by atoms with van der Waals surface area (Å²) in [7, 11) is 0. The van der Waals surface area contributed by atoms with Crippen molar-refractivity contribution in [2.24, 2.45) is 0 Å². The van der Waals surface area contributed by atoms with Gasteiger partial charge in [0.25, 0.3) is 5.91 Å². The predicted octanol–water partition coefficient (Wildman–Crippen LogP) is 3.45. The van der Waals surface area contributed by atoms with E-state index in [2.05, 4.69) is 10.3 Å². The molecule has 0 radical (unpaired) electrons. The fourth-order valence-electron chi connectivity index (χ4n) is 3.40. The van der Waals surface area contributed by atoms with E-state index in [1.54, 1.807) is 6.20 Å². The highest BCUT2D eigenvalue weighted by Gasteiger charge is 2.19. The number of carbonyl (C=O) groups excluding carboxylic acids is 1. The van der Waals surface area contributed by atoms with Crippen molar-refractivity contribution in [1.82, 2.24) is 9.88 Å². The summed E-state index contributed by atoms with van der Waals surface area (Å²) in [6.07, 6.45) is 13.4. The highest BCUT2D eigenvalue weighted by atomic mass is 16.2. The van der Waals surface area contributed by atoms with Crippen molar-refractivity contribution < 1.29 is 4.79 Å². The number of amides is 1. The van der Waals surface area contributed by atoms with Crippen molar-refractivity contribution in [3.63, 3.8) is 0 Å². The van der Waals surface area contributed by atoms with Crippen molar-refractivity contribution in [2.45, 2.75) is 57.4 Å². The van der Waals surface area contributed by atoms with Crippen molar-refractivity contribution in [3.05, 3.63) is 24.0 Å². The van der Waals surface area contributed by atoms with Crippen LogP contribution < -0.4 is 5.32 Å². The van der Waals surface area contributed by atoms with E-state index >= 15 is 0 Å². The fraction of sp³-hybridized carbons (Fsp3) is 0.647. The molecule has 1 aliphatic carbocycles. The maximum absolute atomic E-state index is 12.5. The van der Waals surface area contributed by atoms with Crippen molar-refractivity contribution in [2.75, 3.05) is 18.4 Å². The van der Waals surface area contributed by atoms with Gasteiger partial charge in [-0.25, -0.2) is 0 Å². The SMILES string of the molecule is O=C(c1cncc(NC2CCCCC2)c1)N1CCCCC1. The summed E-state index contributed by atoms with van der Waals surface area (Å²) in [6.45, 7) is 1.78. The van der Waals surface area contributed by atoms with Crippen molar-refractivity contribution >= 4 is 11.6 Å². The second-order valence-corrected chi connectivity index (χ2v) is 6.29. The maximum atomic E-state index is 12.5. The lowest BCUT2D eigenvalue weighted by Gasteiger charge is -2.27. The molecule has 1 amide bonds. The number of piperidine rings is 1. The molecule has 2 heterocycles. The standard InChI is InChI=1S/C17H25N3O/c21-17(20-9-5-2-6-10-20)14-11-16(13-18-12-14)19-15-7-3-1-4-8-15/h11-13,15,19H,1-10H2. The fourth-order valence-corrected chi connectivity index (χ4v) is 3.40. The number of likely N-dealkylation sites (tertiary alicyclic amines) is 1. The highest BCUT2D eigenvalue weighted by molar-refractivity contribution is 5.94. The van der Waals surface area contributed by atoms with Crippen molar-refractivity contribution in [1.29, 1.82) is 0 Å². The van der Waals surface area contributed by atoms with Crippen LogP contribution in [0.15, 0.2) is 18.5 Å². The van der Waals surface area contributed by atoms with Gasteiger partial charge in [0.2, 0.25) is 0 Å². The average molecular weight is 287 g/mol. The predicted molar refractivity (Wildman–Crippen MR) is 84.5 cm³/mol. The average Bonchev–Trinajstić information content (AvgIpc) is 2.56. The van der Waals surface area contributed by atoms with Crippen LogP contribution in [0, 0.1) is 0 Å². The van der Waals surface area contributed by atoms with Crippen LogP contribution in [0.5, 0.6) is 0 Å². The number of carbonyl (C=O) groups is 1. The van der Waals surface area contributed by atoms with Gasteiger partial charge in [0.15, 0.2) is 0 Å². The van der Waals surface area contributed by atoms with E-state index in [0.29, 0.717) is 6.04 Å². The van der Waals surface area contributed by atoms with E-state index in [1.165, 1.54) is 38.5 Å². The van der Waals surface area contributed by atoms with Crippen LogP contribution in [-0.2, 0) is 0 Å². The molecular weight excluding hydrogens is 262 g/mol. The molecular formula is C17H25N3O. The summed E-state index contributed by atoms with van der Waals surface area (Å²) >= 11 is 0. The molecule has 0 unspecified atom stereocenters. The molecule has 1 saturated carbocycles. The zero-order valence-electron chi connectivity index (χ0n) is 12.7. The third-order valence-electron chi connectivity index (χ3n) is 4.60. The number of anilines is 1. The molecule has 114 valence electrons. The molecule has 0 atom stereocenters. The largest absolute Gasteiger partial charge is 0.381 e. The Kier molecular flexibility index (Phi) is 4.73. The summed E-state index contributed by atoms with van der Waals surface area (Å²) in [5, 5.41) is 3.55. The molecule has 4 nitrogen and oxygen atoms in total. The van der Waals surface area contributed by atoms with Crippen LogP contribution in [0.25, 0.3) is 0 Å². The summed E-state index contributed by atoms with van der Waals surface area (Å²) in [4.78, 5) is 18.7. The molecule has 1 N–H and O–H groups in total. The normalized spacial score (nSPS) is 20.3. The Morgan fingerprint density at radius 3 is 2.52 bits per heavy atom. The minimum atomic E-state index is 0.134. The van der Waals surface area contributed by atoms with E-state index in [1.807, 2.05) is 17.2 Å². The number of nitrogens with one attached hydrogen (secondary N) is 1. The number of pyridine rings is 1. The van der Waals surface area contributed by atoms with Gasteiger partial charge in [-0.1, -0.05) is 19.3 Å². The molecule has 3 rings (SSSR count). The Labute approximate surface area is 126 Å². The molecule has 1 saturated heterocycles. The lowest BCUT2D eigenvalue weighted by molar-refractivity contribution is 0.0724. The molecule has 4 heteroatoms. The van der Waals surface area contributed by atoms with Crippen LogP contribution in [0.1, 0.15) is 61.7 Å². The van der Waals surface area contributed by atoms with E-state index in [-0.39, 0.29) is 5.91 Å². The third kappa shape index (κ3) is 3.74. The van der Waals surface area contributed by atoms with Gasteiger partial charge in [-0.3, -0.25) is 9.78 Å². The number of aromatic nitrogens is 1. The number of nitrogens with zero attached hydrogens (tertiary/aromatic N) is 2. The lowest BCUT2D eigenvalue weighted by atomic mass is 9.95. The van der Waals surface area contributed by atoms with Gasteiger partial charge in [-0.05, 0) is 38.2 Å². The molecule has 1 aromatic heterocycles. The van der Waals surface area contributed by atoms with Crippen LogP contribution in [0.3, 0.4) is 0 Å². The van der Waals surface area contributed by atoms with Gasteiger partial charge >= 0.3 is 0 Å². The summed E-state index contributed by atoms with van der Waals surface area (Å²) < 4.78 is 0. The first-order valence-electron chi connectivity index (χ1n) is 8.34. The molecule has 1 aliphatic heterocycles. The number of hydrogen-bond donors (Lipinski definition) is 1. The zero-order valence-corrected chi connectivity index (χ0v) is 12.7. The smallest absolute Gasteiger partial charge is 0.255 e. The zero-order chi connectivity index (χ0) is 14.5. The summed E-state index contributed by atoms with van der Waals surface area (Å²) in [5.41, 5.74) is 1.71. The highest BCUT2D eigenvalue weighted by Crippen LogP contribution is 2.22. The van der Waals surface area contributed by atoms with Gasteiger partial charge < -0.3 is 10.2 Å². The quantitative estimate of drug-likeness (QED) is 0.926. The summed E-state index contributed by atoms with van der Waals surface area (Å²) in [6, 6.07) is 2.51. The second-order valence-electron chi connectivity index (χ2n) is 6.29. The Hall–Kier alpha value is -1.58. The molecule has 0 aromatic carbocycles. The second kappa shape index (κ2) is 6.92. The minimum absolute atomic E-state index is 0.134. The van der Waals surface area contributed by atoms with Gasteiger partial charge in [0.05, 0.1) is 11.3 Å². The first-order chi connectivity index (χ1) is 10.3. The summed E-state index contributed by atoms with van der Waals surface area (Å²) in [5.74, 6) is 0.134. The molecule has 2 aliphatic rings. The lowest BCUT2D eigenvalue weighted by Crippen LogP contribution is -2.35. The van der Waals surface area contributed by atoms with E-state index in [4.69, 9.17) is 0 Å². The topological polar surface area (TPSA) is 45.2 Å². The van der Waals surface area contributed by atoms with Crippen LogP contribution in [0.4, 0.5) is 5.69 Å². The van der Waals surface area contributed by atoms with Gasteiger partial charge in [0, 0.05) is 31.5 Å². The first-order valence-corrected chi connectivity index (χ1v) is 8.34. The number of rotatable bonds is 3. The van der Waals surface area contributed by atoms with E-state index < -0.39 is 0 Å². The number of hydrogen-bond acceptors (Lipinski definition) is 3. The Morgan fingerprint density at radius 2 is 1.76 bits per heavy atom. The Bertz CT molecular complexity index is 477. The monoisotopic (exact) mass is 287 g/mol. The van der Waals surface area contributed by atoms with E-state index in [0.717, 1.165) is 37.2 Å². The first kappa shape index (κ1) is 14.4. The molecule has 0 bridgehead atoms. The molecule has 1 aromatic rings. The molecule has 2 fully saturated rings. The molecule has 0 spiro atoms. The van der Waals surface area contributed by atoms with Gasteiger partial charge in [-0.2, -0.15) is 0 Å². The minimum Gasteiger partial charge on any atom is -0.381 e. The van der Waals surface area contributed by atoms with Gasteiger partial charge in [-0.15, -0.1) is 0 Å². The van der Waals surface area contributed by atoms with Crippen LogP contribution in [-0.4, -0.2) is 34.9 Å². The Balaban J connectivity index is 1.65. The molecule has 21 heavy (non-hydrogen) atoms. The van der Waals surface area contributed by atoms with Crippen LogP contribution in [0.2, 0.25) is 0 Å². The maximum Gasteiger partial charge on any atom is 0.255 e. The van der Waals surface area contributed by atoms with Gasteiger partial charge in [0.1, 0.15) is 0 Å². The third-order valence-corrected chi connectivity index (χ3v) is 4.60. The van der Waals surface area contributed by atoms with E-state index in [9.17, 15) is 4.79 Å². The Morgan fingerprint density at radius 1 is 1.05 bits per heavy atom.